The van der Waals surface area contributed by atoms with Crippen molar-refractivity contribution in [1.82, 2.24) is 5.32 Å². The highest BCUT2D eigenvalue weighted by atomic mass is 32.2. The summed E-state index contributed by atoms with van der Waals surface area (Å²) < 4.78 is 0. The molecule has 0 aliphatic heterocycles. The Hall–Kier alpha value is -1.53. The van der Waals surface area contributed by atoms with Crippen LogP contribution in [0.15, 0.2) is 24.3 Å². The molecule has 1 rings (SSSR count). The number of thioether (sulfide) groups is 1. The standard InChI is InChI=1S/C15H23N3O2S/c1-3-11-5-4-6-12(9-11)18-14(19)10-17-15(20)13(16)7-8-21-2/h4-6,9,13H,3,7-8,10,16H2,1-2H3,(H,17,20)(H,18,19)/t13-/m0/s1. The van der Waals surface area contributed by atoms with Gasteiger partial charge in [0.25, 0.3) is 0 Å². The number of aryl methyl sites for hydroxylation is 1. The predicted octanol–water partition coefficient (Wildman–Crippen LogP) is 1.38. The average molecular weight is 309 g/mol. The first-order valence-electron chi connectivity index (χ1n) is 6.97. The van der Waals surface area contributed by atoms with Crippen LogP contribution in [0.1, 0.15) is 18.9 Å². The van der Waals surface area contributed by atoms with E-state index in [4.69, 9.17) is 5.73 Å². The van der Waals surface area contributed by atoms with Crippen molar-refractivity contribution in [1.29, 1.82) is 0 Å². The Bertz CT molecular complexity index is 480. The Morgan fingerprint density at radius 2 is 2.14 bits per heavy atom. The van der Waals surface area contributed by atoms with Gasteiger partial charge in [0.2, 0.25) is 11.8 Å². The number of nitrogens with two attached hydrogens (primary N) is 1. The Morgan fingerprint density at radius 3 is 2.81 bits per heavy atom. The van der Waals surface area contributed by atoms with Gasteiger partial charge in [0, 0.05) is 5.69 Å². The van der Waals surface area contributed by atoms with E-state index in [0.29, 0.717) is 6.42 Å². The number of hydrogen-bond acceptors (Lipinski definition) is 4. The molecule has 0 unspecified atom stereocenters. The van der Waals surface area contributed by atoms with Crippen molar-refractivity contribution >= 4 is 29.3 Å². The first-order chi connectivity index (χ1) is 10.1. The molecule has 0 aliphatic carbocycles. The summed E-state index contributed by atoms with van der Waals surface area (Å²) in [6.07, 6.45) is 3.47. The van der Waals surface area contributed by atoms with Crippen LogP contribution in [0.25, 0.3) is 0 Å². The van der Waals surface area contributed by atoms with E-state index >= 15 is 0 Å². The summed E-state index contributed by atoms with van der Waals surface area (Å²) in [5, 5.41) is 5.31. The summed E-state index contributed by atoms with van der Waals surface area (Å²) in [5.41, 5.74) is 7.61. The molecule has 0 saturated carbocycles. The second kappa shape index (κ2) is 9.41. The highest BCUT2D eigenvalue weighted by molar-refractivity contribution is 7.98. The highest BCUT2D eigenvalue weighted by Crippen LogP contribution is 2.10. The van der Waals surface area contributed by atoms with Crippen molar-refractivity contribution in [2.75, 3.05) is 23.9 Å². The van der Waals surface area contributed by atoms with Gasteiger partial charge in [-0.3, -0.25) is 9.59 Å². The predicted molar refractivity (Wildman–Crippen MR) is 88.4 cm³/mol. The van der Waals surface area contributed by atoms with Gasteiger partial charge in [-0.2, -0.15) is 11.8 Å². The molecule has 2 amide bonds. The summed E-state index contributed by atoms with van der Waals surface area (Å²) in [6.45, 7) is 1.99. The zero-order valence-corrected chi connectivity index (χ0v) is 13.3. The lowest BCUT2D eigenvalue weighted by molar-refractivity contribution is -0.125. The van der Waals surface area contributed by atoms with Crippen molar-refractivity contribution in [3.63, 3.8) is 0 Å². The molecule has 1 atom stereocenters. The van der Waals surface area contributed by atoms with E-state index in [-0.39, 0.29) is 18.4 Å². The van der Waals surface area contributed by atoms with Crippen molar-refractivity contribution in [2.24, 2.45) is 5.73 Å². The lowest BCUT2D eigenvalue weighted by Crippen LogP contribution is -2.43. The van der Waals surface area contributed by atoms with E-state index in [1.807, 2.05) is 30.5 Å². The lowest BCUT2D eigenvalue weighted by Gasteiger charge is -2.12. The van der Waals surface area contributed by atoms with Crippen molar-refractivity contribution in [3.05, 3.63) is 29.8 Å². The number of nitrogens with one attached hydrogen (secondary N) is 2. The monoisotopic (exact) mass is 309 g/mol. The first-order valence-corrected chi connectivity index (χ1v) is 8.37. The molecule has 4 N–H and O–H groups in total. The Balaban J connectivity index is 2.38. The minimum absolute atomic E-state index is 0.0673. The van der Waals surface area contributed by atoms with Crippen LogP contribution >= 0.6 is 11.8 Å². The average Bonchev–Trinajstić information content (AvgIpc) is 2.50. The molecule has 6 heteroatoms. The molecule has 0 spiro atoms. The fourth-order valence-electron chi connectivity index (χ4n) is 1.75. The molecule has 0 saturated heterocycles. The van der Waals surface area contributed by atoms with Crippen LogP contribution in [-0.4, -0.2) is 36.4 Å². The summed E-state index contributed by atoms with van der Waals surface area (Å²) in [6, 6.07) is 7.08. The molecule has 5 nitrogen and oxygen atoms in total. The van der Waals surface area contributed by atoms with E-state index in [9.17, 15) is 9.59 Å². The van der Waals surface area contributed by atoms with Gasteiger partial charge in [-0.1, -0.05) is 19.1 Å². The number of amides is 2. The maximum Gasteiger partial charge on any atom is 0.243 e. The van der Waals surface area contributed by atoms with Crippen LogP contribution < -0.4 is 16.4 Å². The fraction of sp³-hybridized carbons (Fsp3) is 0.467. The zero-order valence-electron chi connectivity index (χ0n) is 12.5. The maximum atomic E-state index is 11.8. The second-order valence-corrected chi connectivity index (χ2v) is 5.69. The molecule has 1 aromatic rings. The molecule has 116 valence electrons. The maximum absolute atomic E-state index is 11.8. The normalized spacial score (nSPS) is 11.8. The smallest absolute Gasteiger partial charge is 0.243 e. The third-order valence-corrected chi connectivity index (χ3v) is 3.66. The first kappa shape index (κ1) is 17.5. The van der Waals surface area contributed by atoms with Gasteiger partial charge in [-0.15, -0.1) is 0 Å². The molecule has 21 heavy (non-hydrogen) atoms. The van der Waals surface area contributed by atoms with E-state index in [2.05, 4.69) is 17.6 Å². The molecule has 0 aromatic heterocycles. The van der Waals surface area contributed by atoms with Crippen LogP contribution in [-0.2, 0) is 16.0 Å². The van der Waals surface area contributed by atoms with Gasteiger partial charge < -0.3 is 16.4 Å². The number of rotatable bonds is 8. The molecule has 1 aromatic carbocycles. The summed E-state index contributed by atoms with van der Waals surface area (Å²) >= 11 is 1.64. The summed E-state index contributed by atoms with van der Waals surface area (Å²) in [4.78, 5) is 23.5. The zero-order chi connectivity index (χ0) is 15.7. The number of carbonyl (C=O) groups is 2. The van der Waals surface area contributed by atoms with Gasteiger partial charge in [-0.05, 0) is 42.5 Å². The van der Waals surface area contributed by atoms with E-state index in [0.717, 1.165) is 23.4 Å². The topological polar surface area (TPSA) is 84.2 Å². The minimum Gasteiger partial charge on any atom is -0.346 e. The molecule has 0 heterocycles. The van der Waals surface area contributed by atoms with Crippen molar-refractivity contribution in [2.45, 2.75) is 25.8 Å². The van der Waals surface area contributed by atoms with Crippen LogP contribution in [0.5, 0.6) is 0 Å². The van der Waals surface area contributed by atoms with Crippen LogP contribution in [0.2, 0.25) is 0 Å². The second-order valence-electron chi connectivity index (χ2n) is 4.71. The van der Waals surface area contributed by atoms with Crippen LogP contribution in [0.4, 0.5) is 5.69 Å². The molecule has 0 aliphatic rings. The van der Waals surface area contributed by atoms with Gasteiger partial charge in [0.15, 0.2) is 0 Å². The van der Waals surface area contributed by atoms with E-state index in [1.54, 1.807) is 11.8 Å². The number of carbonyl (C=O) groups excluding carboxylic acids is 2. The Kier molecular flexibility index (Phi) is 7.85. The van der Waals surface area contributed by atoms with Gasteiger partial charge in [0.05, 0.1) is 12.6 Å². The lowest BCUT2D eigenvalue weighted by atomic mass is 10.1. The third kappa shape index (κ3) is 6.64. The SMILES string of the molecule is CCc1cccc(NC(=O)CNC(=O)[C@@H](N)CCSC)c1. The number of anilines is 1. The summed E-state index contributed by atoms with van der Waals surface area (Å²) in [5.74, 6) is 0.278. The van der Waals surface area contributed by atoms with Crippen LogP contribution in [0.3, 0.4) is 0 Å². The highest BCUT2D eigenvalue weighted by Gasteiger charge is 2.13. The summed E-state index contributed by atoms with van der Waals surface area (Å²) in [7, 11) is 0. The number of hydrogen-bond donors (Lipinski definition) is 3. The van der Waals surface area contributed by atoms with Crippen molar-refractivity contribution in [3.8, 4) is 0 Å². The van der Waals surface area contributed by atoms with Gasteiger partial charge >= 0.3 is 0 Å². The van der Waals surface area contributed by atoms with Crippen molar-refractivity contribution < 1.29 is 9.59 Å². The van der Waals surface area contributed by atoms with E-state index in [1.165, 1.54) is 0 Å². The third-order valence-electron chi connectivity index (χ3n) is 3.01. The quantitative estimate of drug-likeness (QED) is 0.677. The molecule has 0 bridgehead atoms. The Labute approximate surface area is 130 Å². The molecule has 0 radical (unpaired) electrons. The molecule has 0 fully saturated rings. The van der Waals surface area contributed by atoms with E-state index < -0.39 is 6.04 Å². The van der Waals surface area contributed by atoms with Gasteiger partial charge in [-0.25, -0.2) is 0 Å². The fourth-order valence-corrected chi connectivity index (χ4v) is 2.24. The minimum atomic E-state index is -0.561. The molecular weight excluding hydrogens is 286 g/mol. The Morgan fingerprint density at radius 1 is 1.38 bits per heavy atom. The van der Waals surface area contributed by atoms with Gasteiger partial charge in [0.1, 0.15) is 0 Å². The number of benzene rings is 1. The largest absolute Gasteiger partial charge is 0.346 e. The molecular formula is C15H23N3O2S. The van der Waals surface area contributed by atoms with Crippen LogP contribution in [0, 0.1) is 0 Å².